The Kier molecular flexibility index (Phi) is 3.29. The molecule has 1 amide bonds. The molecule has 0 aliphatic heterocycles. The number of ether oxygens (including phenoxy) is 1. The van der Waals surface area contributed by atoms with Crippen LogP contribution in [0, 0.1) is 0 Å². The number of carbonyl (C=O) groups is 1. The van der Waals surface area contributed by atoms with Gasteiger partial charge >= 0.3 is 0 Å². The summed E-state index contributed by atoms with van der Waals surface area (Å²) in [5.74, 6) is 0.309. The summed E-state index contributed by atoms with van der Waals surface area (Å²) in [6.45, 7) is 1.68. The zero-order valence-electron chi connectivity index (χ0n) is 8.28. The van der Waals surface area contributed by atoms with Crippen molar-refractivity contribution in [1.29, 1.82) is 0 Å². The van der Waals surface area contributed by atoms with Crippen LogP contribution in [0.1, 0.15) is 12.5 Å². The predicted octanol–water partition coefficient (Wildman–Crippen LogP) is 1.58. The smallest absolute Gasteiger partial charge is 0.244 e. The fourth-order valence-corrected chi connectivity index (χ4v) is 1.09. The Morgan fingerprint density at radius 3 is 2.64 bits per heavy atom. The van der Waals surface area contributed by atoms with Gasteiger partial charge in [0.05, 0.1) is 7.11 Å². The molecule has 0 unspecified atom stereocenters. The molecular weight excluding hydrogens is 178 g/mol. The van der Waals surface area contributed by atoms with Gasteiger partial charge in [-0.3, -0.25) is 4.79 Å². The summed E-state index contributed by atoms with van der Waals surface area (Å²) in [5.41, 5.74) is 6.49. The summed E-state index contributed by atoms with van der Waals surface area (Å²) in [6.07, 6.45) is 1.71. The van der Waals surface area contributed by atoms with Crippen LogP contribution in [0.3, 0.4) is 0 Å². The van der Waals surface area contributed by atoms with Gasteiger partial charge in [-0.15, -0.1) is 0 Å². The van der Waals surface area contributed by atoms with E-state index in [2.05, 4.69) is 0 Å². The molecule has 0 saturated heterocycles. The highest BCUT2D eigenvalue weighted by Crippen LogP contribution is 2.19. The third-order valence-corrected chi connectivity index (χ3v) is 1.90. The van der Waals surface area contributed by atoms with Crippen molar-refractivity contribution >= 4 is 12.0 Å². The van der Waals surface area contributed by atoms with Gasteiger partial charge < -0.3 is 10.5 Å². The van der Waals surface area contributed by atoms with Crippen LogP contribution >= 0.6 is 0 Å². The van der Waals surface area contributed by atoms with Gasteiger partial charge in [0, 0.05) is 11.1 Å². The Balaban J connectivity index is 3.07. The zero-order chi connectivity index (χ0) is 10.6. The molecule has 0 aromatic heterocycles. The topological polar surface area (TPSA) is 52.3 Å². The van der Waals surface area contributed by atoms with Gasteiger partial charge in [-0.1, -0.05) is 18.2 Å². The number of carbonyl (C=O) groups excluding carboxylic acids is 1. The molecule has 0 spiro atoms. The molecule has 3 nitrogen and oxygen atoms in total. The molecule has 0 atom stereocenters. The van der Waals surface area contributed by atoms with Crippen molar-refractivity contribution in [2.75, 3.05) is 7.11 Å². The molecule has 2 N–H and O–H groups in total. The number of primary amides is 1. The summed E-state index contributed by atoms with van der Waals surface area (Å²) in [6, 6.07) is 7.45. The summed E-state index contributed by atoms with van der Waals surface area (Å²) in [4.78, 5) is 10.8. The Bertz CT molecular complexity index is 369. The highest BCUT2D eigenvalue weighted by Gasteiger charge is 2.01. The molecular formula is C11H13NO2. The first kappa shape index (κ1) is 10.3. The lowest BCUT2D eigenvalue weighted by atomic mass is 10.1. The molecule has 1 rings (SSSR count). The number of methoxy groups -OCH3 is 1. The monoisotopic (exact) mass is 191 g/mol. The van der Waals surface area contributed by atoms with Gasteiger partial charge in [0.25, 0.3) is 0 Å². The number of nitrogens with two attached hydrogens (primary N) is 1. The highest BCUT2D eigenvalue weighted by atomic mass is 16.5. The molecule has 0 bridgehead atoms. The third-order valence-electron chi connectivity index (χ3n) is 1.90. The second-order valence-electron chi connectivity index (χ2n) is 2.93. The molecule has 1 aromatic carbocycles. The van der Waals surface area contributed by atoms with Gasteiger partial charge in [-0.05, 0) is 19.1 Å². The average molecular weight is 191 g/mol. The van der Waals surface area contributed by atoms with E-state index < -0.39 is 5.91 Å². The molecule has 0 saturated carbocycles. The lowest BCUT2D eigenvalue weighted by molar-refractivity contribution is -0.114. The van der Waals surface area contributed by atoms with Crippen molar-refractivity contribution in [2.45, 2.75) is 6.92 Å². The van der Waals surface area contributed by atoms with E-state index in [-0.39, 0.29) is 0 Å². The number of hydrogen-bond donors (Lipinski definition) is 1. The third kappa shape index (κ3) is 2.36. The Hall–Kier alpha value is -1.77. The van der Waals surface area contributed by atoms with Gasteiger partial charge in [0.1, 0.15) is 5.75 Å². The Morgan fingerprint density at radius 1 is 1.43 bits per heavy atom. The van der Waals surface area contributed by atoms with Crippen LogP contribution in [-0.4, -0.2) is 13.0 Å². The summed E-state index contributed by atoms with van der Waals surface area (Å²) >= 11 is 0. The van der Waals surface area contributed by atoms with E-state index in [1.54, 1.807) is 20.1 Å². The molecule has 14 heavy (non-hydrogen) atoms. The van der Waals surface area contributed by atoms with E-state index >= 15 is 0 Å². The minimum absolute atomic E-state index is 0.420. The average Bonchev–Trinajstić information content (AvgIpc) is 2.18. The van der Waals surface area contributed by atoms with E-state index in [9.17, 15) is 4.79 Å². The van der Waals surface area contributed by atoms with Crippen molar-refractivity contribution in [3.05, 3.63) is 35.4 Å². The standard InChI is InChI=1S/C11H13NO2/c1-8(11(12)13)7-9-5-3-4-6-10(9)14-2/h3-7H,1-2H3,(H2,12,13)/b8-7-. The van der Waals surface area contributed by atoms with Crippen molar-refractivity contribution in [1.82, 2.24) is 0 Å². The van der Waals surface area contributed by atoms with Gasteiger partial charge in [0.15, 0.2) is 0 Å². The second-order valence-corrected chi connectivity index (χ2v) is 2.93. The van der Waals surface area contributed by atoms with Crippen LogP contribution in [0.25, 0.3) is 6.08 Å². The van der Waals surface area contributed by atoms with E-state index in [1.165, 1.54) is 0 Å². The molecule has 0 aliphatic carbocycles. The van der Waals surface area contributed by atoms with E-state index in [1.807, 2.05) is 24.3 Å². The maximum atomic E-state index is 10.8. The molecule has 0 fully saturated rings. The first-order chi connectivity index (χ1) is 6.65. The molecule has 0 aliphatic rings. The predicted molar refractivity (Wildman–Crippen MR) is 55.8 cm³/mol. The lowest BCUT2D eigenvalue weighted by Crippen LogP contribution is -2.11. The minimum Gasteiger partial charge on any atom is -0.496 e. The van der Waals surface area contributed by atoms with Crippen LogP contribution in [0.15, 0.2) is 29.8 Å². The van der Waals surface area contributed by atoms with Gasteiger partial charge in [-0.2, -0.15) is 0 Å². The minimum atomic E-state index is -0.420. The second kappa shape index (κ2) is 4.46. The molecule has 1 aromatic rings. The summed E-state index contributed by atoms with van der Waals surface area (Å²) in [5, 5.41) is 0. The Labute approximate surface area is 83.2 Å². The van der Waals surface area contributed by atoms with Crippen molar-refractivity contribution in [2.24, 2.45) is 5.73 Å². The SMILES string of the molecule is COc1ccccc1/C=C(/C)C(N)=O. The number of hydrogen-bond acceptors (Lipinski definition) is 2. The largest absolute Gasteiger partial charge is 0.496 e. The molecule has 0 heterocycles. The lowest BCUT2D eigenvalue weighted by Gasteiger charge is -2.04. The van der Waals surface area contributed by atoms with Gasteiger partial charge in [-0.25, -0.2) is 0 Å². The zero-order valence-corrected chi connectivity index (χ0v) is 8.28. The van der Waals surface area contributed by atoms with E-state index in [0.29, 0.717) is 5.57 Å². The normalized spacial score (nSPS) is 11.1. The number of amides is 1. The van der Waals surface area contributed by atoms with Crippen LogP contribution in [0.5, 0.6) is 5.75 Å². The Morgan fingerprint density at radius 2 is 2.07 bits per heavy atom. The molecule has 3 heteroatoms. The van der Waals surface area contributed by atoms with Crippen LogP contribution in [-0.2, 0) is 4.79 Å². The maximum absolute atomic E-state index is 10.8. The highest BCUT2D eigenvalue weighted by molar-refractivity contribution is 5.96. The number of benzene rings is 1. The first-order valence-corrected chi connectivity index (χ1v) is 4.26. The van der Waals surface area contributed by atoms with Crippen LogP contribution < -0.4 is 10.5 Å². The number of para-hydroxylation sites is 1. The van der Waals surface area contributed by atoms with E-state index in [4.69, 9.17) is 10.5 Å². The van der Waals surface area contributed by atoms with Crippen molar-refractivity contribution in [3.63, 3.8) is 0 Å². The summed E-state index contributed by atoms with van der Waals surface area (Å²) in [7, 11) is 1.59. The fraction of sp³-hybridized carbons (Fsp3) is 0.182. The van der Waals surface area contributed by atoms with Gasteiger partial charge in [0.2, 0.25) is 5.91 Å². The van der Waals surface area contributed by atoms with Crippen LogP contribution in [0.2, 0.25) is 0 Å². The molecule has 0 radical (unpaired) electrons. The van der Waals surface area contributed by atoms with Crippen molar-refractivity contribution in [3.8, 4) is 5.75 Å². The van der Waals surface area contributed by atoms with Crippen molar-refractivity contribution < 1.29 is 9.53 Å². The maximum Gasteiger partial charge on any atom is 0.244 e. The quantitative estimate of drug-likeness (QED) is 0.737. The first-order valence-electron chi connectivity index (χ1n) is 4.26. The van der Waals surface area contributed by atoms with Crippen LogP contribution in [0.4, 0.5) is 0 Å². The molecule has 74 valence electrons. The summed E-state index contributed by atoms with van der Waals surface area (Å²) < 4.78 is 5.13. The fourth-order valence-electron chi connectivity index (χ4n) is 1.09. The van der Waals surface area contributed by atoms with E-state index in [0.717, 1.165) is 11.3 Å². The number of rotatable bonds is 3.